The molecular formula is C24H29N3O4S. The Morgan fingerprint density at radius 3 is 2.44 bits per heavy atom. The maximum Gasteiger partial charge on any atom is 0.244 e. The number of carbonyl (C=O) groups excluding carboxylic acids is 2. The number of sulfonamides is 1. The van der Waals surface area contributed by atoms with Crippen molar-refractivity contribution in [3.8, 4) is 0 Å². The third-order valence-electron chi connectivity index (χ3n) is 6.27. The van der Waals surface area contributed by atoms with Crippen molar-refractivity contribution in [2.75, 3.05) is 29.9 Å². The molecule has 0 unspecified atom stereocenters. The SMILES string of the molecule is Cc1ccc(NC(=O)CN2C(=O)CCCc3cc(S(=O)(=O)N4CCCC4)ccc32)cc1C. The highest BCUT2D eigenvalue weighted by Gasteiger charge is 2.30. The summed E-state index contributed by atoms with van der Waals surface area (Å²) >= 11 is 0. The molecule has 2 aromatic rings. The van der Waals surface area contributed by atoms with E-state index in [0.29, 0.717) is 43.7 Å². The number of rotatable bonds is 5. The van der Waals surface area contributed by atoms with Gasteiger partial charge in [-0.3, -0.25) is 9.59 Å². The second kappa shape index (κ2) is 9.03. The van der Waals surface area contributed by atoms with Gasteiger partial charge in [0, 0.05) is 30.9 Å². The first-order chi connectivity index (χ1) is 15.3. The highest BCUT2D eigenvalue weighted by atomic mass is 32.2. The average molecular weight is 456 g/mol. The lowest BCUT2D eigenvalue weighted by Crippen LogP contribution is -2.37. The summed E-state index contributed by atoms with van der Waals surface area (Å²) in [5.41, 5.74) is 4.30. The standard InChI is InChI=1S/C24H29N3O4S/c1-17-8-9-20(14-18(17)2)25-23(28)16-27-22-11-10-21(15-19(22)6-5-7-24(27)29)32(30,31)26-12-3-4-13-26/h8-11,14-15H,3-7,12-13,16H2,1-2H3,(H,25,28). The molecule has 4 rings (SSSR count). The predicted molar refractivity (Wildman–Crippen MR) is 124 cm³/mol. The van der Waals surface area contributed by atoms with Gasteiger partial charge < -0.3 is 10.2 Å². The Hall–Kier alpha value is -2.71. The van der Waals surface area contributed by atoms with Gasteiger partial charge in [0.2, 0.25) is 21.8 Å². The molecule has 2 aliphatic heterocycles. The first kappa shape index (κ1) is 22.5. The summed E-state index contributed by atoms with van der Waals surface area (Å²) in [4.78, 5) is 27.2. The van der Waals surface area contributed by atoms with E-state index in [2.05, 4.69) is 5.32 Å². The summed E-state index contributed by atoms with van der Waals surface area (Å²) in [6.07, 6.45) is 3.29. The number of hydrogen-bond acceptors (Lipinski definition) is 4. The van der Waals surface area contributed by atoms with Gasteiger partial charge in [0.15, 0.2) is 0 Å². The third-order valence-corrected chi connectivity index (χ3v) is 8.17. The Labute approximate surface area is 189 Å². The van der Waals surface area contributed by atoms with Gasteiger partial charge >= 0.3 is 0 Å². The van der Waals surface area contributed by atoms with Gasteiger partial charge in [0.1, 0.15) is 6.54 Å². The zero-order valence-electron chi connectivity index (χ0n) is 18.6. The number of benzene rings is 2. The molecule has 0 spiro atoms. The van der Waals surface area contributed by atoms with E-state index >= 15 is 0 Å². The Balaban J connectivity index is 1.57. The summed E-state index contributed by atoms with van der Waals surface area (Å²) in [5.74, 6) is -0.419. The molecule has 1 N–H and O–H groups in total. The first-order valence-electron chi connectivity index (χ1n) is 11.1. The Morgan fingerprint density at radius 1 is 0.969 bits per heavy atom. The summed E-state index contributed by atoms with van der Waals surface area (Å²) in [5, 5.41) is 2.87. The predicted octanol–water partition coefficient (Wildman–Crippen LogP) is 3.40. The molecule has 2 aliphatic rings. The van der Waals surface area contributed by atoms with Gasteiger partial charge in [-0.2, -0.15) is 4.31 Å². The smallest absolute Gasteiger partial charge is 0.244 e. The molecule has 2 amide bonds. The number of nitrogens with one attached hydrogen (secondary N) is 1. The van der Waals surface area contributed by atoms with Gasteiger partial charge in [-0.25, -0.2) is 8.42 Å². The van der Waals surface area contributed by atoms with Crippen LogP contribution in [-0.2, 0) is 26.0 Å². The van der Waals surface area contributed by atoms with Crippen LogP contribution in [0.2, 0.25) is 0 Å². The minimum absolute atomic E-state index is 0.114. The van der Waals surface area contributed by atoms with E-state index in [4.69, 9.17) is 0 Å². The highest BCUT2D eigenvalue weighted by Crippen LogP contribution is 2.31. The van der Waals surface area contributed by atoms with E-state index in [1.54, 1.807) is 18.2 Å². The molecule has 170 valence electrons. The van der Waals surface area contributed by atoms with E-state index in [9.17, 15) is 18.0 Å². The van der Waals surface area contributed by atoms with Crippen molar-refractivity contribution in [1.29, 1.82) is 0 Å². The Kier molecular flexibility index (Phi) is 6.35. The maximum absolute atomic E-state index is 13.0. The molecule has 0 aromatic heterocycles. The quantitative estimate of drug-likeness (QED) is 0.749. The van der Waals surface area contributed by atoms with Crippen molar-refractivity contribution < 1.29 is 18.0 Å². The number of aryl methyl sites for hydroxylation is 3. The van der Waals surface area contributed by atoms with Gasteiger partial charge in [-0.05, 0) is 86.6 Å². The molecule has 0 atom stereocenters. The molecule has 2 heterocycles. The van der Waals surface area contributed by atoms with Crippen LogP contribution in [-0.4, -0.2) is 44.2 Å². The van der Waals surface area contributed by atoms with E-state index in [-0.39, 0.29) is 23.3 Å². The average Bonchev–Trinajstić information content (AvgIpc) is 3.26. The van der Waals surface area contributed by atoms with Crippen LogP contribution in [0.3, 0.4) is 0 Å². The fraction of sp³-hybridized carbons (Fsp3) is 0.417. The van der Waals surface area contributed by atoms with Crippen LogP contribution in [0.25, 0.3) is 0 Å². The second-order valence-corrected chi connectivity index (χ2v) is 10.5. The summed E-state index contributed by atoms with van der Waals surface area (Å²) in [7, 11) is -3.54. The molecule has 0 radical (unpaired) electrons. The van der Waals surface area contributed by atoms with Gasteiger partial charge in [-0.15, -0.1) is 0 Å². The van der Waals surface area contributed by atoms with Crippen LogP contribution >= 0.6 is 0 Å². The number of anilines is 2. The number of fused-ring (bicyclic) bond motifs is 1. The lowest BCUT2D eigenvalue weighted by molar-refractivity contribution is -0.121. The summed E-state index contributed by atoms with van der Waals surface area (Å²) in [6.45, 7) is 4.96. The molecule has 0 bridgehead atoms. The van der Waals surface area contributed by atoms with Crippen molar-refractivity contribution in [3.63, 3.8) is 0 Å². The van der Waals surface area contributed by atoms with Crippen molar-refractivity contribution >= 4 is 33.2 Å². The molecule has 2 aromatic carbocycles. The van der Waals surface area contributed by atoms with E-state index in [1.165, 1.54) is 9.21 Å². The Morgan fingerprint density at radius 2 is 1.72 bits per heavy atom. The zero-order valence-corrected chi connectivity index (χ0v) is 19.4. The monoisotopic (exact) mass is 455 g/mol. The second-order valence-electron chi connectivity index (χ2n) is 8.58. The first-order valence-corrected chi connectivity index (χ1v) is 12.5. The maximum atomic E-state index is 13.0. The van der Waals surface area contributed by atoms with Crippen LogP contribution < -0.4 is 10.2 Å². The molecule has 7 nitrogen and oxygen atoms in total. The minimum Gasteiger partial charge on any atom is -0.325 e. The Bertz CT molecular complexity index is 1150. The third kappa shape index (κ3) is 4.56. The van der Waals surface area contributed by atoms with Crippen molar-refractivity contribution in [2.45, 2.75) is 50.8 Å². The van der Waals surface area contributed by atoms with E-state index in [1.807, 2.05) is 32.0 Å². The molecule has 0 aliphatic carbocycles. The fourth-order valence-corrected chi connectivity index (χ4v) is 5.87. The minimum atomic E-state index is -3.54. The van der Waals surface area contributed by atoms with Crippen molar-refractivity contribution in [3.05, 3.63) is 53.1 Å². The zero-order chi connectivity index (χ0) is 22.9. The molecular weight excluding hydrogens is 426 g/mol. The fourth-order valence-electron chi connectivity index (χ4n) is 4.30. The number of carbonyl (C=O) groups is 2. The van der Waals surface area contributed by atoms with E-state index < -0.39 is 10.0 Å². The summed E-state index contributed by atoms with van der Waals surface area (Å²) in [6, 6.07) is 10.6. The normalized spacial score (nSPS) is 17.2. The molecule has 0 saturated carbocycles. The molecule has 8 heteroatoms. The molecule has 32 heavy (non-hydrogen) atoms. The van der Waals surface area contributed by atoms with Gasteiger partial charge in [0.05, 0.1) is 4.90 Å². The highest BCUT2D eigenvalue weighted by molar-refractivity contribution is 7.89. The van der Waals surface area contributed by atoms with Crippen LogP contribution in [0.5, 0.6) is 0 Å². The molecule has 1 fully saturated rings. The van der Waals surface area contributed by atoms with Crippen LogP contribution in [0.15, 0.2) is 41.3 Å². The number of hydrogen-bond donors (Lipinski definition) is 1. The van der Waals surface area contributed by atoms with Crippen LogP contribution in [0, 0.1) is 13.8 Å². The van der Waals surface area contributed by atoms with Crippen LogP contribution in [0.1, 0.15) is 42.4 Å². The lowest BCUT2D eigenvalue weighted by atomic mass is 10.1. The number of nitrogens with zero attached hydrogens (tertiary/aromatic N) is 2. The largest absolute Gasteiger partial charge is 0.325 e. The topological polar surface area (TPSA) is 86.8 Å². The lowest BCUT2D eigenvalue weighted by Gasteiger charge is -2.24. The van der Waals surface area contributed by atoms with E-state index in [0.717, 1.165) is 29.5 Å². The summed E-state index contributed by atoms with van der Waals surface area (Å²) < 4.78 is 27.5. The van der Waals surface area contributed by atoms with Crippen molar-refractivity contribution in [1.82, 2.24) is 4.31 Å². The van der Waals surface area contributed by atoms with Gasteiger partial charge in [0.25, 0.3) is 0 Å². The number of amides is 2. The molecule has 1 saturated heterocycles. The van der Waals surface area contributed by atoms with Crippen LogP contribution in [0.4, 0.5) is 11.4 Å². The van der Waals surface area contributed by atoms with Crippen molar-refractivity contribution in [2.24, 2.45) is 0 Å². The van der Waals surface area contributed by atoms with Gasteiger partial charge in [-0.1, -0.05) is 6.07 Å².